The molecule has 2 atom stereocenters. The molecule has 2 aromatic rings. The summed E-state index contributed by atoms with van der Waals surface area (Å²) < 4.78 is 22.0. The van der Waals surface area contributed by atoms with Gasteiger partial charge in [-0.3, -0.25) is 19.3 Å². The number of carbonyl (C=O) groups is 3. The van der Waals surface area contributed by atoms with Crippen LogP contribution in [-0.4, -0.2) is 111 Å². The molecular weight excluding hydrogens is 652 g/mol. The van der Waals surface area contributed by atoms with Crippen LogP contribution in [0, 0.1) is 5.92 Å². The maximum atomic E-state index is 13.9. The van der Waals surface area contributed by atoms with Crippen molar-refractivity contribution >= 4 is 30.1 Å². The zero-order valence-electron chi connectivity index (χ0n) is 28.8. The van der Waals surface area contributed by atoms with Crippen molar-refractivity contribution in [2.75, 3.05) is 60.2 Å². The van der Waals surface area contributed by atoms with E-state index in [1.54, 1.807) is 30.2 Å². The quantitative estimate of drug-likeness (QED) is 0.253. The highest BCUT2D eigenvalue weighted by Gasteiger charge is 2.55. The fraction of sp³-hybridized carbons (Fsp3) is 0.583. The number of ether oxygens (including phenoxy) is 4. The Morgan fingerprint density at radius 2 is 1.80 bits per heavy atom. The third-order valence-corrected chi connectivity index (χ3v) is 9.84. The monoisotopic (exact) mass is 702 g/mol. The van der Waals surface area contributed by atoms with Gasteiger partial charge < -0.3 is 39.6 Å². The van der Waals surface area contributed by atoms with Gasteiger partial charge in [0.05, 0.1) is 19.8 Å². The van der Waals surface area contributed by atoms with Gasteiger partial charge in [-0.2, -0.15) is 0 Å². The standard InChI is InChI=1S/C36H50N4O8.ClH/c1-4-5-17-40-34(43)31(32(41)26-12-20-47-21-13-26)38-35(44)36(40)14-18-39(19-15-36)24-25-6-9-28(10-7-25)48-29-11-8-27(23-30(29)46-3)33(42)37-16-22-45-2;/h6-11,23,26,31-32,41H,4-5,12-22,24H2,1-3H3,(H,37,42)(H,38,44);1H/t31-,32-;/m1./s1. The second-order valence-corrected chi connectivity index (χ2v) is 12.9. The van der Waals surface area contributed by atoms with Crippen molar-refractivity contribution in [3.05, 3.63) is 53.6 Å². The van der Waals surface area contributed by atoms with Gasteiger partial charge >= 0.3 is 0 Å². The van der Waals surface area contributed by atoms with Crippen LogP contribution < -0.4 is 20.1 Å². The van der Waals surface area contributed by atoms with E-state index in [1.807, 2.05) is 24.3 Å². The smallest absolute Gasteiger partial charge is 0.251 e. The average molecular weight is 703 g/mol. The molecule has 1 spiro atoms. The molecule has 49 heavy (non-hydrogen) atoms. The predicted octanol–water partition coefficient (Wildman–Crippen LogP) is 3.53. The van der Waals surface area contributed by atoms with Gasteiger partial charge in [0.25, 0.3) is 5.91 Å². The molecule has 3 aliphatic rings. The van der Waals surface area contributed by atoms with Gasteiger partial charge in [0, 0.05) is 58.6 Å². The average Bonchev–Trinajstić information content (AvgIpc) is 3.11. The highest BCUT2D eigenvalue weighted by molar-refractivity contribution is 6.00. The molecule has 270 valence electrons. The van der Waals surface area contributed by atoms with Gasteiger partial charge in [-0.15, -0.1) is 12.4 Å². The second kappa shape index (κ2) is 18.0. The fourth-order valence-corrected chi connectivity index (χ4v) is 6.93. The summed E-state index contributed by atoms with van der Waals surface area (Å²) in [5.74, 6) is 0.976. The summed E-state index contributed by atoms with van der Waals surface area (Å²) in [6, 6.07) is 12.0. The van der Waals surface area contributed by atoms with E-state index < -0.39 is 17.7 Å². The van der Waals surface area contributed by atoms with E-state index in [0.717, 1.165) is 18.4 Å². The minimum Gasteiger partial charge on any atom is -0.493 e. The normalized spacial score (nSPS) is 20.3. The van der Waals surface area contributed by atoms with Crippen molar-refractivity contribution in [3.8, 4) is 17.2 Å². The predicted molar refractivity (Wildman–Crippen MR) is 186 cm³/mol. The van der Waals surface area contributed by atoms with Crippen LogP contribution in [0.2, 0.25) is 0 Å². The maximum Gasteiger partial charge on any atom is 0.251 e. The number of methoxy groups -OCH3 is 2. The van der Waals surface area contributed by atoms with Gasteiger partial charge in [-0.25, -0.2) is 0 Å². The third-order valence-electron chi connectivity index (χ3n) is 9.84. The number of hydrogen-bond acceptors (Lipinski definition) is 9. The van der Waals surface area contributed by atoms with Gasteiger partial charge in [-0.1, -0.05) is 25.5 Å². The molecule has 12 nitrogen and oxygen atoms in total. The number of aliphatic hydroxyl groups excluding tert-OH is 1. The number of hydrogen-bond donors (Lipinski definition) is 3. The van der Waals surface area contributed by atoms with E-state index in [0.29, 0.717) is 101 Å². The third kappa shape index (κ3) is 9.04. The molecule has 0 aromatic heterocycles. The number of benzene rings is 2. The van der Waals surface area contributed by atoms with Crippen molar-refractivity contribution in [3.63, 3.8) is 0 Å². The fourth-order valence-electron chi connectivity index (χ4n) is 6.93. The van der Waals surface area contributed by atoms with E-state index >= 15 is 0 Å². The summed E-state index contributed by atoms with van der Waals surface area (Å²) in [6.45, 7) is 6.57. The molecule has 3 saturated heterocycles. The molecule has 3 N–H and O–H groups in total. The number of likely N-dealkylation sites (tertiary alicyclic amines) is 1. The Kier molecular flexibility index (Phi) is 14.1. The molecular formula is C36H51ClN4O8. The number of nitrogens with one attached hydrogen (secondary N) is 2. The van der Waals surface area contributed by atoms with Crippen molar-refractivity contribution in [1.29, 1.82) is 0 Å². The second-order valence-electron chi connectivity index (χ2n) is 12.9. The van der Waals surface area contributed by atoms with Crippen LogP contribution in [0.15, 0.2) is 42.5 Å². The van der Waals surface area contributed by atoms with Gasteiger partial charge in [0.1, 0.15) is 17.3 Å². The number of amides is 3. The molecule has 3 fully saturated rings. The Morgan fingerprint density at radius 3 is 2.45 bits per heavy atom. The summed E-state index contributed by atoms with van der Waals surface area (Å²) in [5, 5.41) is 16.9. The van der Waals surface area contributed by atoms with Crippen LogP contribution >= 0.6 is 12.4 Å². The summed E-state index contributed by atoms with van der Waals surface area (Å²) in [4.78, 5) is 44.2. The number of aliphatic hydroxyl groups is 1. The van der Waals surface area contributed by atoms with Crippen LogP contribution in [-0.2, 0) is 25.6 Å². The van der Waals surface area contributed by atoms with E-state index in [9.17, 15) is 19.5 Å². The Hall–Kier alpha value is -3.42. The van der Waals surface area contributed by atoms with Crippen LogP contribution in [0.25, 0.3) is 0 Å². The lowest BCUT2D eigenvalue weighted by molar-refractivity contribution is -0.166. The number of unbranched alkanes of at least 4 members (excludes halogenated alkanes) is 1. The maximum absolute atomic E-state index is 13.9. The highest BCUT2D eigenvalue weighted by Crippen LogP contribution is 2.36. The lowest BCUT2D eigenvalue weighted by atomic mass is 9.79. The minimum absolute atomic E-state index is 0. The zero-order chi connectivity index (χ0) is 34.1. The lowest BCUT2D eigenvalue weighted by Gasteiger charge is -2.52. The number of nitrogens with zero attached hydrogens (tertiary/aromatic N) is 2. The molecule has 0 saturated carbocycles. The number of halogens is 1. The molecule has 3 amide bonds. The number of piperazine rings is 1. The molecule has 3 heterocycles. The molecule has 0 unspecified atom stereocenters. The Balaban J connectivity index is 0.00000541. The Morgan fingerprint density at radius 1 is 1.08 bits per heavy atom. The number of carbonyl (C=O) groups excluding carboxylic acids is 3. The van der Waals surface area contributed by atoms with Gasteiger partial charge in [0.15, 0.2) is 11.5 Å². The lowest BCUT2D eigenvalue weighted by Crippen LogP contribution is -2.75. The van der Waals surface area contributed by atoms with Crippen molar-refractivity contribution < 1.29 is 38.4 Å². The first-order chi connectivity index (χ1) is 23.3. The first-order valence-corrected chi connectivity index (χ1v) is 17.1. The molecule has 0 radical (unpaired) electrons. The first kappa shape index (κ1) is 38.4. The van der Waals surface area contributed by atoms with Crippen molar-refractivity contribution in [1.82, 2.24) is 20.4 Å². The van der Waals surface area contributed by atoms with Crippen LogP contribution in [0.1, 0.15) is 61.4 Å². The van der Waals surface area contributed by atoms with Crippen molar-refractivity contribution in [2.45, 2.75) is 69.7 Å². The van der Waals surface area contributed by atoms with Gasteiger partial charge in [0.2, 0.25) is 11.8 Å². The van der Waals surface area contributed by atoms with E-state index in [4.69, 9.17) is 18.9 Å². The molecule has 2 aromatic carbocycles. The van der Waals surface area contributed by atoms with Crippen molar-refractivity contribution in [2.24, 2.45) is 5.92 Å². The SMILES string of the molecule is CCCCN1C(=O)[C@@H]([C@H](O)C2CCOCC2)NC(=O)C12CCN(Cc1ccc(Oc3ccc(C(=O)NCCOC)cc3OC)cc1)CC2.Cl. The van der Waals surface area contributed by atoms with Gasteiger partial charge in [-0.05, 0) is 73.9 Å². The number of piperidine rings is 1. The molecule has 0 bridgehead atoms. The molecule has 3 aliphatic heterocycles. The van der Waals surface area contributed by atoms with Crippen LogP contribution in [0.5, 0.6) is 17.2 Å². The van der Waals surface area contributed by atoms with E-state index in [-0.39, 0.29) is 36.0 Å². The Bertz CT molecular complexity index is 1400. The van der Waals surface area contributed by atoms with E-state index in [2.05, 4.69) is 22.5 Å². The van der Waals surface area contributed by atoms with Crippen LogP contribution in [0.3, 0.4) is 0 Å². The summed E-state index contributed by atoms with van der Waals surface area (Å²) in [5.41, 5.74) is 0.663. The van der Waals surface area contributed by atoms with E-state index in [1.165, 1.54) is 7.11 Å². The topological polar surface area (TPSA) is 139 Å². The molecule has 5 rings (SSSR count). The summed E-state index contributed by atoms with van der Waals surface area (Å²) >= 11 is 0. The first-order valence-electron chi connectivity index (χ1n) is 17.1. The van der Waals surface area contributed by atoms with Crippen LogP contribution in [0.4, 0.5) is 0 Å². The Labute approximate surface area is 295 Å². The summed E-state index contributed by atoms with van der Waals surface area (Å²) in [6.07, 6.45) is 3.23. The summed E-state index contributed by atoms with van der Waals surface area (Å²) in [7, 11) is 3.11. The highest BCUT2D eigenvalue weighted by atomic mass is 35.5. The minimum atomic E-state index is -0.919. The zero-order valence-corrected chi connectivity index (χ0v) is 29.6. The number of rotatable bonds is 14. The molecule has 0 aliphatic carbocycles. The molecule has 13 heteroatoms. The largest absolute Gasteiger partial charge is 0.493 e.